The second kappa shape index (κ2) is 6.20. The van der Waals surface area contributed by atoms with E-state index in [1.165, 1.54) is 11.8 Å². The number of aliphatic carboxylic acids is 1. The maximum Gasteiger partial charge on any atom is 0.336 e. The van der Waals surface area contributed by atoms with Gasteiger partial charge in [0, 0.05) is 6.54 Å². The predicted molar refractivity (Wildman–Crippen MR) is 52.3 cm³/mol. The van der Waals surface area contributed by atoms with E-state index in [9.17, 15) is 4.79 Å². The molecule has 6 heteroatoms. The molecule has 78 valence electrons. The molecule has 0 heterocycles. The zero-order chi connectivity index (χ0) is 10.3. The Hall–Kier alpha value is -0.300. The van der Waals surface area contributed by atoms with Crippen molar-refractivity contribution < 1.29 is 14.7 Å². The molecule has 0 unspecified atom stereocenters. The van der Waals surface area contributed by atoms with Crippen LogP contribution in [-0.2, 0) is 9.63 Å². The number of hydroxylamine groups is 1. The molecule has 5 nitrogen and oxygen atoms in total. The van der Waals surface area contributed by atoms with Gasteiger partial charge in [-0.15, -0.1) is 11.8 Å². The van der Waals surface area contributed by atoms with Crippen molar-refractivity contribution in [2.75, 3.05) is 18.9 Å². The highest BCUT2D eigenvalue weighted by molar-refractivity contribution is 8.01. The van der Waals surface area contributed by atoms with Crippen LogP contribution in [0, 0.1) is 0 Å². The van der Waals surface area contributed by atoms with Gasteiger partial charge in [0.2, 0.25) is 0 Å². The summed E-state index contributed by atoms with van der Waals surface area (Å²) in [4.78, 5) is 14.6. The van der Waals surface area contributed by atoms with E-state index in [-0.39, 0.29) is 0 Å². The van der Waals surface area contributed by atoms with E-state index in [0.29, 0.717) is 18.9 Å². The number of nitrogens with two attached hydrogens (primary N) is 1. The minimum atomic E-state index is -1.09. The molecule has 0 aromatic rings. The van der Waals surface area contributed by atoms with Crippen LogP contribution in [0.5, 0.6) is 0 Å². The molecule has 13 heavy (non-hydrogen) atoms. The Balaban J connectivity index is 4.00. The van der Waals surface area contributed by atoms with Crippen LogP contribution in [0.15, 0.2) is 0 Å². The summed E-state index contributed by atoms with van der Waals surface area (Å²) in [6.45, 7) is 4.10. The molecule has 0 saturated carbocycles. The molecule has 0 aliphatic heterocycles. The molecular weight excluding hydrogens is 192 g/mol. The summed E-state index contributed by atoms with van der Waals surface area (Å²) in [5, 5.41) is 8.87. The normalized spacial score (nSPS) is 15.3. The first-order valence-corrected chi connectivity index (χ1v) is 5.01. The monoisotopic (exact) mass is 208 g/mol. The Labute approximate surface area is 82.0 Å². The van der Waals surface area contributed by atoms with E-state index < -0.39 is 10.8 Å². The SMILES string of the molecule is CCS[C@@](C)(NOCCN)C(=O)O. The lowest BCUT2D eigenvalue weighted by Gasteiger charge is -2.24. The van der Waals surface area contributed by atoms with Gasteiger partial charge in [0.25, 0.3) is 0 Å². The van der Waals surface area contributed by atoms with Crippen molar-refractivity contribution in [1.29, 1.82) is 0 Å². The first-order valence-electron chi connectivity index (χ1n) is 4.03. The number of rotatable bonds is 7. The van der Waals surface area contributed by atoms with Crippen molar-refractivity contribution in [3.63, 3.8) is 0 Å². The Morgan fingerprint density at radius 1 is 1.77 bits per heavy atom. The fraction of sp³-hybridized carbons (Fsp3) is 0.857. The number of thioether (sulfide) groups is 1. The third-order valence-electron chi connectivity index (χ3n) is 1.33. The van der Waals surface area contributed by atoms with Gasteiger partial charge < -0.3 is 10.8 Å². The lowest BCUT2D eigenvalue weighted by atomic mass is 10.4. The summed E-state index contributed by atoms with van der Waals surface area (Å²) in [7, 11) is 0. The van der Waals surface area contributed by atoms with Gasteiger partial charge in [0.15, 0.2) is 4.87 Å². The van der Waals surface area contributed by atoms with E-state index in [0.717, 1.165) is 0 Å². The number of hydrogen-bond acceptors (Lipinski definition) is 5. The fourth-order valence-electron chi connectivity index (χ4n) is 0.671. The standard InChI is InChI=1S/C7H16N2O3S/c1-3-13-7(2,6(10)11)9-12-5-4-8/h9H,3-5,8H2,1-2H3,(H,10,11)/t7-/m1/s1. The van der Waals surface area contributed by atoms with Crippen LogP contribution in [0.1, 0.15) is 13.8 Å². The molecule has 0 aliphatic rings. The second-order valence-corrected chi connectivity index (χ2v) is 4.19. The number of nitrogens with one attached hydrogen (secondary N) is 1. The summed E-state index contributed by atoms with van der Waals surface area (Å²) < 4.78 is 0. The van der Waals surface area contributed by atoms with E-state index in [1.54, 1.807) is 6.92 Å². The Morgan fingerprint density at radius 3 is 2.77 bits per heavy atom. The first kappa shape index (κ1) is 12.7. The van der Waals surface area contributed by atoms with Crippen molar-refractivity contribution in [2.24, 2.45) is 5.73 Å². The van der Waals surface area contributed by atoms with Crippen molar-refractivity contribution in [2.45, 2.75) is 18.7 Å². The highest BCUT2D eigenvalue weighted by atomic mass is 32.2. The molecular formula is C7H16N2O3S. The number of carboxylic acid groups (broad SMARTS) is 1. The van der Waals surface area contributed by atoms with Gasteiger partial charge in [-0.3, -0.25) is 4.84 Å². The van der Waals surface area contributed by atoms with Gasteiger partial charge in [-0.1, -0.05) is 6.92 Å². The molecule has 0 aliphatic carbocycles. The Morgan fingerprint density at radius 2 is 2.38 bits per heavy atom. The molecule has 0 rings (SSSR count). The largest absolute Gasteiger partial charge is 0.479 e. The molecule has 0 amide bonds. The van der Waals surface area contributed by atoms with Gasteiger partial charge in [-0.05, 0) is 12.7 Å². The van der Waals surface area contributed by atoms with Crippen molar-refractivity contribution in [3.8, 4) is 0 Å². The average molecular weight is 208 g/mol. The summed E-state index contributed by atoms with van der Waals surface area (Å²) in [5.41, 5.74) is 7.67. The van der Waals surface area contributed by atoms with Gasteiger partial charge >= 0.3 is 5.97 Å². The number of carbonyl (C=O) groups is 1. The van der Waals surface area contributed by atoms with Crippen LogP contribution in [0.2, 0.25) is 0 Å². The minimum absolute atomic E-state index is 0.299. The Kier molecular flexibility index (Phi) is 6.06. The quantitative estimate of drug-likeness (QED) is 0.311. The third-order valence-corrected chi connectivity index (χ3v) is 2.45. The van der Waals surface area contributed by atoms with E-state index in [2.05, 4.69) is 5.48 Å². The zero-order valence-electron chi connectivity index (χ0n) is 7.87. The smallest absolute Gasteiger partial charge is 0.336 e. The number of hydrogen-bond donors (Lipinski definition) is 3. The fourth-order valence-corrected chi connectivity index (χ4v) is 1.49. The molecule has 0 bridgehead atoms. The maximum absolute atomic E-state index is 10.8. The van der Waals surface area contributed by atoms with Crippen LogP contribution in [-0.4, -0.2) is 34.9 Å². The molecule has 0 spiro atoms. The van der Waals surface area contributed by atoms with Crippen LogP contribution in [0.25, 0.3) is 0 Å². The third kappa shape index (κ3) is 4.47. The molecule has 0 fully saturated rings. The van der Waals surface area contributed by atoms with Crippen molar-refractivity contribution in [3.05, 3.63) is 0 Å². The summed E-state index contributed by atoms with van der Waals surface area (Å²) in [5.74, 6) is -0.252. The molecule has 0 radical (unpaired) electrons. The van der Waals surface area contributed by atoms with E-state index in [4.69, 9.17) is 15.7 Å². The zero-order valence-corrected chi connectivity index (χ0v) is 8.69. The average Bonchev–Trinajstić information content (AvgIpc) is 2.05. The maximum atomic E-state index is 10.8. The summed E-state index contributed by atoms with van der Waals surface area (Å²) in [6.07, 6.45) is 0. The highest BCUT2D eigenvalue weighted by Gasteiger charge is 2.33. The van der Waals surface area contributed by atoms with Crippen LogP contribution >= 0.6 is 11.8 Å². The highest BCUT2D eigenvalue weighted by Crippen LogP contribution is 2.21. The second-order valence-electron chi connectivity index (χ2n) is 2.51. The number of carboxylic acids is 1. The minimum Gasteiger partial charge on any atom is -0.479 e. The lowest BCUT2D eigenvalue weighted by Crippen LogP contribution is -2.47. The molecule has 1 atom stereocenters. The van der Waals surface area contributed by atoms with Gasteiger partial charge in [-0.2, -0.15) is 5.48 Å². The van der Waals surface area contributed by atoms with Crippen LogP contribution in [0.4, 0.5) is 0 Å². The van der Waals surface area contributed by atoms with Gasteiger partial charge in [-0.25, -0.2) is 4.79 Å². The van der Waals surface area contributed by atoms with Crippen molar-refractivity contribution >= 4 is 17.7 Å². The van der Waals surface area contributed by atoms with E-state index in [1.807, 2.05) is 6.92 Å². The topological polar surface area (TPSA) is 84.6 Å². The molecule has 4 N–H and O–H groups in total. The van der Waals surface area contributed by atoms with E-state index >= 15 is 0 Å². The lowest BCUT2D eigenvalue weighted by molar-refractivity contribution is -0.145. The van der Waals surface area contributed by atoms with Crippen molar-refractivity contribution in [1.82, 2.24) is 5.48 Å². The first-order chi connectivity index (χ1) is 6.06. The molecule has 0 aromatic heterocycles. The Bertz CT molecular complexity index is 168. The van der Waals surface area contributed by atoms with Crippen LogP contribution in [0.3, 0.4) is 0 Å². The van der Waals surface area contributed by atoms with Crippen LogP contribution < -0.4 is 11.2 Å². The van der Waals surface area contributed by atoms with Gasteiger partial charge in [0.1, 0.15) is 0 Å². The molecule has 0 aromatic carbocycles. The summed E-state index contributed by atoms with van der Waals surface area (Å²) >= 11 is 1.26. The molecule has 0 saturated heterocycles. The predicted octanol–water partition coefficient (Wildman–Crippen LogP) is 0.0202. The van der Waals surface area contributed by atoms with Gasteiger partial charge in [0.05, 0.1) is 6.61 Å². The summed E-state index contributed by atoms with van der Waals surface area (Å²) in [6, 6.07) is 0.